The summed E-state index contributed by atoms with van der Waals surface area (Å²) in [6, 6.07) is 0. The van der Waals surface area contributed by atoms with E-state index >= 15 is 0 Å². The van der Waals surface area contributed by atoms with Crippen molar-refractivity contribution in [1.29, 1.82) is 0 Å². The quantitative estimate of drug-likeness (QED) is 0.304. The van der Waals surface area contributed by atoms with Crippen LogP contribution in [-0.4, -0.2) is 50.1 Å². The normalized spacial score (nSPS) is 15.5. The molecule has 15 heteroatoms. The van der Waals surface area contributed by atoms with Crippen LogP contribution >= 0.6 is 10.7 Å². The Hall–Kier alpha value is -0.890. The van der Waals surface area contributed by atoms with Crippen LogP contribution in [-0.2, 0) is 28.5 Å². The molecular formula is C14H19ClF6O6S2. The Morgan fingerprint density at radius 2 is 0.966 bits per heavy atom. The SMILES string of the molecule is CC(C)(C)C(=O)C(C(=O)C(C)(C)C)S(=O)(=O)C(F)(F)C(F)(F)C(F)(F)S(=O)(=O)Cl. The lowest BCUT2D eigenvalue weighted by Crippen LogP contribution is -2.64. The van der Waals surface area contributed by atoms with E-state index in [1.807, 2.05) is 0 Å². The molecule has 6 nitrogen and oxygen atoms in total. The van der Waals surface area contributed by atoms with E-state index < -0.39 is 63.0 Å². The van der Waals surface area contributed by atoms with E-state index in [1.54, 1.807) is 0 Å². The van der Waals surface area contributed by atoms with Crippen LogP contribution in [0.2, 0.25) is 0 Å². The monoisotopic (exact) mass is 496 g/mol. The molecule has 0 rings (SSSR count). The molecule has 0 atom stereocenters. The van der Waals surface area contributed by atoms with Gasteiger partial charge >= 0.3 is 25.5 Å². The molecule has 29 heavy (non-hydrogen) atoms. The molecule has 0 fully saturated rings. The highest BCUT2D eigenvalue weighted by atomic mass is 35.7. The van der Waals surface area contributed by atoms with Crippen LogP contribution in [0, 0.1) is 10.8 Å². The van der Waals surface area contributed by atoms with Crippen LogP contribution in [0.4, 0.5) is 26.3 Å². The van der Waals surface area contributed by atoms with E-state index in [4.69, 9.17) is 0 Å². The number of halogens is 7. The minimum Gasteiger partial charge on any atom is -0.297 e. The summed E-state index contributed by atoms with van der Waals surface area (Å²) in [5.41, 5.74) is -3.71. The summed E-state index contributed by atoms with van der Waals surface area (Å²) < 4.78 is 129. The van der Waals surface area contributed by atoms with E-state index in [0.29, 0.717) is 0 Å². The van der Waals surface area contributed by atoms with Crippen molar-refractivity contribution in [2.24, 2.45) is 10.8 Å². The fourth-order valence-corrected chi connectivity index (χ4v) is 4.68. The molecule has 0 spiro atoms. The molecule has 0 N–H and O–H groups in total. The fraction of sp³-hybridized carbons (Fsp3) is 0.857. The van der Waals surface area contributed by atoms with Gasteiger partial charge in [-0.05, 0) is 0 Å². The molecule has 0 aliphatic heterocycles. The Balaban J connectivity index is 7.08. The largest absolute Gasteiger partial charge is 0.428 e. The molecule has 0 aromatic carbocycles. The lowest BCUT2D eigenvalue weighted by atomic mass is 9.81. The number of hydrogen-bond acceptors (Lipinski definition) is 6. The van der Waals surface area contributed by atoms with E-state index in [-0.39, 0.29) is 0 Å². The van der Waals surface area contributed by atoms with Crippen molar-refractivity contribution in [2.45, 2.75) is 63.2 Å². The highest BCUT2D eigenvalue weighted by Crippen LogP contribution is 2.53. The first-order valence-electron chi connectivity index (χ1n) is 7.58. The topological polar surface area (TPSA) is 102 Å². The van der Waals surface area contributed by atoms with Crippen LogP contribution in [0.5, 0.6) is 0 Å². The van der Waals surface area contributed by atoms with Gasteiger partial charge < -0.3 is 0 Å². The molecule has 0 saturated heterocycles. The lowest BCUT2D eigenvalue weighted by molar-refractivity contribution is -0.243. The minimum atomic E-state index is -7.12. The fourth-order valence-electron chi connectivity index (χ4n) is 1.84. The summed E-state index contributed by atoms with van der Waals surface area (Å²) in [6.45, 7) is 5.84. The number of carbonyl (C=O) groups excluding carboxylic acids is 2. The molecule has 0 saturated carbocycles. The maximum absolute atomic E-state index is 14.3. The summed E-state index contributed by atoms with van der Waals surface area (Å²) in [4.78, 5) is 24.8. The Labute approximate surface area is 168 Å². The predicted octanol–water partition coefficient (Wildman–Crippen LogP) is 3.39. The van der Waals surface area contributed by atoms with Crippen LogP contribution < -0.4 is 0 Å². The second-order valence-electron chi connectivity index (χ2n) is 8.20. The highest BCUT2D eigenvalue weighted by Gasteiger charge is 2.83. The van der Waals surface area contributed by atoms with Gasteiger partial charge in [0.2, 0.25) is 9.84 Å². The molecule has 0 aliphatic carbocycles. The Bertz CT molecular complexity index is 872. The van der Waals surface area contributed by atoms with E-state index in [9.17, 15) is 52.8 Å². The molecule has 0 unspecified atom stereocenters. The minimum absolute atomic E-state index is 0.974. The van der Waals surface area contributed by atoms with Crippen molar-refractivity contribution in [3.8, 4) is 0 Å². The first kappa shape index (κ1) is 28.1. The third-order valence-corrected chi connectivity index (χ3v) is 7.13. The van der Waals surface area contributed by atoms with Gasteiger partial charge in [-0.1, -0.05) is 41.5 Å². The zero-order valence-electron chi connectivity index (χ0n) is 16.0. The van der Waals surface area contributed by atoms with Gasteiger partial charge in [-0.25, -0.2) is 16.8 Å². The van der Waals surface area contributed by atoms with Crippen molar-refractivity contribution >= 4 is 41.1 Å². The number of hydrogen-bond donors (Lipinski definition) is 0. The summed E-state index contributed by atoms with van der Waals surface area (Å²) in [7, 11) is -9.71. The third kappa shape index (κ3) is 4.58. The van der Waals surface area contributed by atoms with Crippen molar-refractivity contribution in [1.82, 2.24) is 0 Å². The molecule has 0 aromatic heterocycles. The summed E-state index contributed by atoms with van der Waals surface area (Å²) in [6.07, 6.45) is 0. The van der Waals surface area contributed by atoms with Gasteiger partial charge in [-0.15, -0.1) is 0 Å². The molecule has 0 aliphatic rings. The Morgan fingerprint density at radius 3 is 1.17 bits per heavy atom. The number of alkyl halides is 6. The third-order valence-electron chi connectivity index (χ3n) is 3.66. The predicted molar refractivity (Wildman–Crippen MR) is 91.2 cm³/mol. The molecule has 0 heterocycles. The maximum Gasteiger partial charge on any atom is 0.428 e. The second kappa shape index (κ2) is 7.36. The molecule has 0 aromatic rings. The van der Waals surface area contributed by atoms with Gasteiger partial charge in [0.15, 0.2) is 16.8 Å². The lowest BCUT2D eigenvalue weighted by Gasteiger charge is -2.35. The molecular weight excluding hydrogens is 478 g/mol. The summed E-state index contributed by atoms with van der Waals surface area (Å²) in [5.74, 6) is -10.7. The molecule has 172 valence electrons. The van der Waals surface area contributed by atoms with Gasteiger partial charge in [-0.3, -0.25) is 9.59 Å². The number of ketones is 2. The van der Waals surface area contributed by atoms with Crippen molar-refractivity contribution in [3.63, 3.8) is 0 Å². The Morgan fingerprint density at radius 1 is 0.690 bits per heavy atom. The van der Waals surface area contributed by atoms with Gasteiger partial charge in [0.05, 0.1) is 0 Å². The van der Waals surface area contributed by atoms with Crippen LogP contribution in [0.25, 0.3) is 0 Å². The van der Waals surface area contributed by atoms with Crippen molar-refractivity contribution in [3.05, 3.63) is 0 Å². The summed E-state index contributed by atoms with van der Waals surface area (Å²) in [5, 5.41) is -17.1. The smallest absolute Gasteiger partial charge is 0.297 e. The van der Waals surface area contributed by atoms with Crippen LogP contribution in [0.1, 0.15) is 41.5 Å². The van der Waals surface area contributed by atoms with Crippen molar-refractivity contribution in [2.75, 3.05) is 0 Å². The van der Waals surface area contributed by atoms with E-state index in [1.165, 1.54) is 0 Å². The number of sulfone groups is 1. The number of carbonyl (C=O) groups is 2. The molecule has 0 radical (unpaired) electrons. The maximum atomic E-state index is 14.3. The highest BCUT2D eigenvalue weighted by molar-refractivity contribution is 8.14. The average molecular weight is 497 g/mol. The number of rotatable bonds is 7. The standard InChI is InChI=1S/C14H19ClF6O6S2/c1-10(2,3)8(22)7(9(23)11(4,5)6)28(24,25)13(18,19)12(16,17)14(20,21)29(15,26)27/h7H,1-6H3. The zero-order chi connectivity index (χ0) is 24.2. The van der Waals surface area contributed by atoms with Crippen LogP contribution in [0.15, 0.2) is 0 Å². The average Bonchev–Trinajstić information content (AvgIpc) is 2.43. The first-order chi connectivity index (χ1) is 12.2. The molecule has 0 amide bonds. The van der Waals surface area contributed by atoms with Gasteiger partial charge in [0, 0.05) is 21.5 Å². The Kier molecular flexibility index (Phi) is 7.13. The van der Waals surface area contributed by atoms with Crippen molar-refractivity contribution < 1.29 is 52.8 Å². The summed E-state index contributed by atoms with van der Waals surface area (Å²) >= 11 is 0. The van der Waals surface area contributed by atoms with Gasteiger partial charge in [-0.2, -0.15) is 26.3 Å². The van der Waals surface area contributed by atoms with Gasteiger partial charge in [0.25, 0.3) is 0 Å². The molecule has 0 bridgehead atoms. The second-order valence-corrected chi connectivity index (χ2v) is 12.9. The first-order valence-corrected chi connectivity index (χ1v) is 11.4. The van der Waals surface area contributed by atoms with Crippen LogP contribution in [0.3, 0.4) is 0 Å². The van der Waals surface area contributed by atoms with Gasteiger partial charge in [0.1, 0.15) is 0 Å². The zero-order valence-corrected chi connectivity index (χ0v) is 18.4. The van der Waals surface area contributed by atoms with E-state index in [2.05, 4.69) is 10.7 Å². The number of Topliss-reactive ketones (excluding diaryl/α,β-unsaturated/α-hetero) is 2. The van der Waals surface area contributed by atoms with E-state index in [0.717, 1.165) is 41.5 Å².